The summed E-state index contributed by atoms with van der Waals surface area (Å²) >= 11 is 0. The van der Waals surface area contributed by atoms with Gasteiger partial charge in [0, 0.05) is 6.42 Å². The first-order valence-corrected chi connectivity index (χ1v) is 11.8. The van der Waals surface area contributed by atoms with Gasteiger partial charge in [-0.3, -0.25) is 4.79 Å². The Hall–Kier alpha value is -4.05. The number of carbonyl (C=O) groups is 1. The predicted molar refractivity (Wildman–Crippen MR) is 138 cm³/mol. The van der Waals surface area contributed by atoms with Crippen LogP contribution in [0.25, 0.3) is 0 Å². The molecule has 0 aromatic heterocycles. The number of methoxy groups -OCH3 is 1. The molecule has 178 valence electrons. The van der Waals surface area contributed by atoms with Crippen LogP contribution in [0, 0.1) is 6.92 Å². The summed E-state index contributed by atoms with van der Waals surface area (Å²) in [7, 11) is 1.58. The van der Waals surface area contributed by atoms with Crippen LogP contribution in [0.4, 0.5) is 0 Å². The molecule has 4 rings (SSSR count). The summed E-state index contributed by atoms with van der Waals surface area (Å²) < 4.78 is 17.5. The molecule has 0 amide bonds. The third-order valence-electron chi connectivity index (χ3n) is 5.76. The zero-order valence-corrected chi connectivity index (χ0v) is 20.2. The van der Waals surface area contributed by atoms with Crippen molar-refractivity contribution < 1.29 is 19.0 Å². The van der Waals surface area contributed by atoms with Crippen LogP contribution in [0.5, 0.6) is 17.2 Å². The molecule has 0 unspecified atom stereocenters. The predicted octanol–water partition coefficient (Wildman–Crippen LogP) is 6.98. The Morgan fingerprint density at radius 1 is 0.686 bits per heavy atom. The number of benzene rings is 4. The maximum Gasteiger partial charge on any atom is 0.170 e. The highest BCUT2D eigenvalue weighted by atomic mass is 16.5. The van der Waals surface area contributed by atoms with Gasteiger partial charge in [-0.2, -0.15) is 0 Å². The summed E-state index contributed by atoms with van der Waals surface area (Å²) in [5.41, 5.74) is 4.72. The van der Waals surface area contributed by atoms with E-state index in [1.54, 1.807) is 7.11 Å². The molecule has 0 spiro atoms. The molecule has 0 fully saturated rings. The number of hydrogen-bond acceptors (Lipinski definition) is 4. The Kier molecular flexibility index (Phi) is 8.18. The highest BCUT2D eigenvalue weighted by molar-refractivity contribution is 6.01. The van der Waals surface area contributed by atoms with Crippen molar-refractivity contribution in [3.05, 3.63) is 125 Å². The lowest BCUT2D eigenvalue weighted by molar-refractivity contribution is 0.0975. The lowest BCUT2D eigenvalue weighted by atomic mass is 9.99. The van der Waals surface area contributed by atoms with Crippen LogP contribution in [0.15, 0.2) is 97.1 Å². The van der Waals surface area contributed by atoms with Gasteiger partial charge >= 0.3 is 0 Å². The van der Waals surface area contributed by atoms with Gasteiger partial charge in [-0.1, -0.05) is 72.8 Å². The first-order chi connectivity index (χ1) is 17.1. The lowest BCUT2D eigenvalue weighted by Crippen LogP contribution is -2.08. The van der Waals surface area contributed by atoms with E-state index in [4.69, 9.17) is 14.2 Å². The zero-order chi connectivity index (χ0) is 24.5. The largest absolute Gasteiger partial charge is 0.496 e. The Labute approximate surface area is 207 Å². The van der Waals surface area contributed by atoms with Gasteiger partial charge in [-0.15, -0.1) is 0 Å². The molecule has 0 bridgehead atoms. The Bertz CT molecular complexity index is 1230. The third-order valence-corrected chi connectivity index (χ3v) is 5.76. The van der Waals surface area contributed by atoms with Crippen molar-refractivity contribution in [3.63, 3.8) is 0 Å². The minimum Gasteiger partial charge on any atom is -0.496 e. The van der Waals surface area contributed by atoms with Gasteiger partial charge < -0.3 is 14.2 Å². The SMILES string of the molecule is COc1cc(C)cc(OCc2ccccc2)c1C(=O)CCc1ccc(OCc2ccccc2)cc1. The van der Waals surface area contributed by atoms with Gasteiger partial charge in [-0.25, -0.2) is 0 Å². The molecule has 4 aromatic carbocycles. The number of Topliss-reactive ketones (excluding diaryl/α,β-unsaturated/α-hetero) is 1. The number of ketones is 1. The van der Waals surface area contributed by atoms with E-state index in [9.17, 15) is 4.79 Å². The van der Waals surface area contributed by atoms with Crippen LogP contribution in [0.2, 0.25) is 0 Å². The van der Waals surface area contributed by atoms with Crippen molar-refractivity contribution in [3.8, 4) is 17.2 Å². The normalized spacial score (nSPS) is 10.6. The molecular formula is C31H30O4. The maximum atomic E-state index is 13.3. The quantitative estimate of drug-likeness (QED) is 0.224. The van der Waals surface area contributed by atoms with E-state index in [0.717, 1.165) is 28.0 Å². The number of ether oxygens (including phenoxy) is 3. The molecule has 0 N–H and O–H groups in total. The molecule has 35 heavy (non-hydrogen) atoms. The van der Waals surface area contributed by atoms with Gasteiger partial charge in [-0.05, 0) is 59.9 Å². The molecule has 0 saturated carbocycles. The fourth-order valence-electron chi connectivity index (χ4n) is 3.88. The summed E-state index contributed by atoms with van der Waals surface area (Å²) in [4.78, 5) is 13.3. The Morgan fingerprint density at radius 2 is 1.26 bits per heavy atom. The number of hydrogen-bond donors (Lipinski definition) is 0. The Balaban J connectivity index is 1.40. The summed E-state index contributed by atoms with van der Waals surface area (Å²) in [5, 5.41) is 0. The van der Waals surface area contributed by atoms with Crippen molar-refractivity contribution in [2.24, 2.45) is 0 Å². The molecule has 0 aliphatic heterocycles. The average molecular weight is 467 g/mol. The number of rotatable bonds is 11. The molecular weight excluding hydrogens is 436 g/mol. The van der Waals surface area contributed by atoms with Gasteiger partial charge in [0.1, 0.15) is 36.0 Å². The maximum absolute atomic E-state index is 13.3. The van der Waals surface area contributed by atoms with Crippen LogP contribution in [-0.4, -0.2) is 12.9 Å². The van der Waals surface area contributed by atoms with Crippen molar-refractivity contribution in [2.45, 2.75) is 33.0 Å². The molecule has 0 heterocycles. The van der Waals surface area contributed by atoms with E-state index >= 15 is 0 Å². The monoisotopic (exact) mass is 466 g/mol. The molecule has 0 aliphatic carbocycles. The van der Waals surface area contributed by atoms with Crippen LogP contribution < -0.4 is 14.2 Å². The van der Waals surface area contributed by atoms with E-state index in [0.29, 0.717) is 43.1 Å². The second kappa shape index (κ2) is 11.9. The van der Waals surface area contributed by atoms with Gasteiger partial charge in [0.05, 0.1) is 7.11 Å². The van der Waals surface area contributed by atoms with Crippen LogP contribution in [-0.2, 0) is 19.6 Å². The smallest absolute Gasteiger partial charge is 0.170 e. The van der Waals surface area contributed by atoms with Crippen molar-refractivity contribution >= 4 is 5.78 Å². The first-order valence-electron chi connectivity index (χ1n) is 11.8. The highest BCUT2D eigenvalue weighted by Gasteiger charge is 2.20. The van der Waals surface area contributed by atoms with E-state index < -0.39 is 0 Å². The van der Waals surface area contributed by atoms with E-state index in [-0.39, 0.29) is 5.78 Å². The molecule has 0 radical (unpaired) electrons. The summed E-state index contributed by atoms with van der Waals surface area (Å²) in [6.45, 7) is 2.88. The molecule has 0 atom stereocenters. The molecule has 0 saturated heterocycles. The topological polar surface area (TPSA) is 44.8 Å². The van der Waals surface area contributed by atoms with E-state index in [2.05, 4.69) is 0 Å². The summed E-state index contributed by atoms with van der Waals surface area (Å²) in [6.07, 6.45) is 0.971. The average Bonchev–Trinajstić information content (AvgIpc) is 2.90. The summed E-state index contributed by atoms with van der Waals surface area (Å²) in [6, 6.07) is 31.7. The van der Waals surface area contributed by atoms with Crippen LogP contribution >= 0.6 is 0 Å². The fourth-order valence-corrected chi connectivity index (χ4v) is 3.88. The second-order valence-corrected chi connectivity index (χ2v) is 8.46. The number of carbonyl (C=O) groups excluding carboxylic acids is 1. The van der Waals surface area contributed by atoms with Crippen LogP contribution in [0.3, 0.4) is 0 Å². The Morgan fingerprint density at radius 3 is 1.86 bits per heavy atom. The molecule has 4 aromatic rings. The molecule has 4 heteroatoms. The second-order valence-electron chi connectivity index (χ2n) is 8.46. The standard InChI is InChI=1S/C31H30O4/c1-23-19-29(33-2)31(30(20-23)35-22-26-11-7-4-8-12-26)28(32)18-15-24-13-16-27(17-14-24)34-21-25-9-5-3-6-10-25/h3-14,16-17,19-20H,15,18,21-22H2,1-2H3. The van der Waals surface area contributed by atoms with Crippen LogP contribution in [0.1, 0.15) is 39.0 Å². The minimum atomic E-state index is -0.00526. The third kappa shape index (κ3) is 6.73. The van der Waals surface area contributed by atoms with Crippen molar-refractivity contribution in [1.82, 2.24) is 0 Å². The number of aryl methyl sites for hydroxylation is 2. The molecule has 4 nitrogen and oxygen atoms in total. The lowest BCUT2D eigenvalue weighted by Gasteiger charge is -2.16. The van der Waals surface area contributed by atoms with E-state index in [1.165, 1.54) is 0 Å². The minimum absolute atomic E-state index is 0.00526. The zero-order valence-electron chi connectivity index (χ0n) is 20.2. The highest BCUT2D eigenvalue weighted by Crippen LogP contribution is 2.33. The molecule has 0 aliphatic rings. The first kappa shape index (κ1) is 24.1. The summed E-state index contributed by atoms with van der Waals surface area (Å²) in [5.74, 6) is 1.90. The fraction of sp³-hybridized carbons (Fsp3) is 0.194. The van der Waals surface area contributed by atoms with Crippen molar-refractivity contribution in [1.29, 1.82) is 0 Å². The van der Waals surface area contributed by atoms with Gasteiger partial charge in [0.15, 0.2) is 5.78 Å². The van der Waals surface area contributed by atoms with Gasteiger partial charge in [0.2, 0.25) is 0 Å². The van der Waals surface area contributed by atoms with E-state index in [1.807, 2.05) is 104 Å². The van der Waals surface area contributed by atoms with Crippen molar-refractivity contribution in [2.75, 3.05) is 7.11 Å². The van der Waals surface area contributed by atoms with Gasteiger partial charge in [0.25, 0.3) is 0 Å².